The average Bonchev–Trinajstić information content (AvgIpc) is 2.86. The minimum absolute atomic E-state index is 0.0922. The summed E-state index contributed by atoms with van der Waals surface area (Å²) in [6, 6.07) is 25.3. The van der Waals surface area contributed by atoms with Crippen molar-refractivity contribution in [3.63, 3.8) is 0 Å². The fourth-order valence-electron chi connectivity index (χ4n) is 3.53. The molecule has 2 amide bonds. The third-order valence-corrected chi connectivity index (χ3v) is 5.42. The van der Waals surface area contributed by atoms with E-state index in [0.717, 1.165) is 37.5 Å². The Labute approximate surface area is 196 Å². The maximum absolute atomic E-state index is 12.4. The largest absolute Gasteiger partial charge is 0.493 e. The topological polar surface area (TPSA) is 54.0 Å². The lowest BCUT2D eigenvalue weighted by molar-refractivity contribution is 0.244. The van der Waals surface area contributed by atoms with Gasteiger partial charge < -0.3 is 14.8 Å². The van der Waals surface area contributed by atoms with E-state index in [1.165, 1.54) is 5.56 Å². The molecule has 0 bridgehead atoms. The van der Waals surface area contributed by atoms with Crippen LogP contribution in [-0.2, 0) is 6.54 Å². The Morgan fingerprint density at radius 1 is 0.939 bits per heavy atom. The predicted octanol–water partition coefficient (Wildman–Crippen LogP) is 5.55. The van der Waals surface area contributed by atoms with Crippen LogP contribution in [0.15, 0.2) is 78.9 Å². The first-order valence-corrected chi connectivity index (χ1v) is 11.3. The van der Waals surface area contributed by atoms with Gasteiger partial charge in [-0.1, -0.05) is 49.4 Å². The summed E-state index contributed by atoms with van der Waals surface area (Å²) in [6.45, 7) is 5.41. The first-order valence-electron chi connectivity index (χ1n) is 11.3. The van der Waals surface area contributed by atoms with E-state index < -0.39 is 0 Å². The lowest BCUT2D eigenvalue weighted by Gasteiger charge is -2.22. The minimum Gasteiger partial charge on any atom is -0.493 e. The number of urea groups is 1. The molecule has 3 aromatic carbocycles. The molecule has 3 aromatic rings. The van der Waals surface area contributed by atoms with Crippen LogP contribution in [0.4, 0.5) is 10.5 Å². The Balaban J connectivity index is 1.47. The quantitative estimate of drug-likeness (QED) is 0.392. The zero-order valence-electron chi connectivity index (χ0n) is 19.7. The van der Waals surface area contributed by atoms with Gasteiger partial charge in [0.25, 0.3) is 0 Å². The zero-order valence-corrected chi connectivity index (χ0v) is 19.7. The van der Waals surface area contributed by atoms with Crippen molar-refractivity contribution in [2.24, 2.45) is 0 Å². The third kappa shape index (κ3) is 7.26. The van der Waals surface area contributed by atoms with Crippen LogP contribution in [0.5, 0.6) is 17.2 Å². The smallest absolute Gasteiger partial charge is 0.321 e. The molecule has 0 aliphatic rings. The van der Waals surface area contributed by atoms with Crippen LogP contribution in [0, 0.1) is 0 Å². The molecule has 0 radical (unpaired) electrons. The van der Waals surface area contributed by atoms with Crippen molar-refractivity contribution in [2.75, 3.05) is 38.7 Å². The summed E-state index contributed by atoms with van der Waals surface area (Å²) in [5.41, 5.74) is 2.05. The van der Waals surface area contributed by atoms with Gasteiger partial charge in [-0.3, -0.25) is 9.80 Å². The highest BCUT2D eigenvalue weighted by atomic mass is 16.5. The number of amides is 2. The first kappa shape index (κ1) is 24.1. The van der Waals surface area contributed by atoms with E-state index in [4.69, 9.17) is 9.47 Å². The molecule has 6 nitrogen and oxygen atoms in total. The van der Waals surface area contributed by atoms with Gasteiger partial charge >= 0.3 is 6.03 Å². The minimum atomic E-state index is -0.0922. The molecule has 1 N–H and O–H groups in total. The molecule has 0 heterocycles. The van der Waals surface area contributed by atoms with Crippen LogP contribution in [0.1, 0.15) is 18.9 Å². The number of rotatable bonds is 11. The average molecular weight is 448 g/mol. The highest BCUT2D eigenvalue weighted by molar-refractivity contribution is 5.91. The number of benzene rings is 3. The highest BCUT2D eigenvalue weighted by Gasteiger charge is 2.11. The number of carbonyl (C=O) groups is 1. The standard InChI is InChI=1S/C27H33N3O3/c1-4-30(19-11-18-28-27(31)29(2)23-13-6-5-7-14-23)21-22-12-10-15-24(20-22)33-26-17-9-8-16-25(26)32-3/h5-10,12-17,20H,4,11,18-19,21H2,1-3H3,(H,28,31). The van der Waals surface area contributed by atoms with Crippen LogP contribution in [0.2, 0.25) is 0 Å². The van der Waals surface area contributed by atoms with Gasteiger partial charge in [0, 0.05) is 32.4 Å². The van der Waals surface area contributed by atoms with E-state index in [1.807, 2.05) is 66.7 Å². The van der Waals surface area contributed by atoms with Gasteiger partial charge in [-0.2, -0.15) is 0 Å². The van der Waals surface area contributed by atoms with Gasteiger partial charge in [-0.25, -0.2) is 4.79 Å². The van der Waals surface area contributed by atoms with Crippen molar-refractivity contribution in [1.82, 2.24) is 10.2 Å². The van der Waals surface area contributed by atoms with Gasteiger partial charge in [0.15, 0.2) is 11.5 Å². The number of nitrogens with zero attached hydrogens (tertiary/aromatic N) is 2. The lowest BCUT2D eigenvalue weighted by atomic mass is 10.2. The van der Waals surface area contributed by atoms with Crippen molar-refractivity contribution in [3.05, 3.63) is 84.4 Å². The molecular formula is C27H33N3O3. The fraction of sp³-hybridized carbons (Fsp3) is 0.296. The van der Waals surface area contributed by atoms with Gasteiger partial charge in [-0.15, -0.1) is 0 Å². The van der Waals surface area contributed by atoms with Crippen LogP contribution in [0.3, 0.4) is 0 Å². The Morgan fingerprint density at radius 2 is 1.67 bits per heavy atom. The molecule has 0 fully saturated rings. The fourth-order valence-corrected chi connectivity index (χ4v) is 3.53. The number of ether oxygens (including phenoxy) is 2. The number of hydrogen-bond donors (Lipinski definition) is 1. The molecule has 33 heavy (non-hydrogen) atoms. The Bertz CT molecular complexity index is 1010. The molecule has 0 aliphatic heterocycles. The van der Waals surface area contributed by atoms with Crippen molar-refractivity contribution >= 4 is 11.7 Å². The Morgan fingerprint density at radius 3 is 2.39 bits per heavy atom. The first-order chi connectivity index (χ1) is 16.1. The second-order valence-electron chi connectivity index (χ2n) is 7.75. The SMILES string of the molecule is CCN(CCCNC(=O)N(C)c1ccccc1)Cc1cccc(Oc2ccccc2OC)c1. The van der Waals surface area contributed by atoms with E-state index in [9.17, 15) is 4.79 Å². The van der Waals surface area contributed by atoms with E-state index in [2.05, 4.69) is 29.3 Å². The Hall–Kier alpha value is -3.51. The summed E-state index contributed by atoms with van der Waals surface area (Å²) in [4.78, 5) is 16.3. The van der Waals surface area contributed by atoms with E-state index in [1.54, 1.807) is 19.1 Å². The summed E-state index contributed by atoms with van der Waals surface area (Å²) in [5.74, 6) is 2.18. The van der Waals surface area contributed by atoms with Gasteiger partial charge in [0.2, 0.25) is 0 Å². The summed E-state index contributed by atoms with van der Waals surface area (Å²) >= 11 is 0. The summed E-state index contributed by atoms with van der Waals surface area (Å²) in [7, 11) is 3.42. The molecule has 0 spiro atoms. The molecule has 0 saturated heterocycles. The Kier molecular flexibility index (Phi) is 9.15. The van der Waals surface area contributed by atoms with Crippen molar-refractivity contribution in [2.45, 2.75) is 19.9 Å². The van der Waals surface area contributed by atoms with Crippen LogP contribution >= 0.6 is 0 Å². The maximum atomic E-state index is 12.4. The number of para-hydroxylation sites is 3. The molecule has 6 heteroatoms. The number of hydrogen-bond acceptors (Lipinski definition) is 4. The maximum Gasteiger partial charge on any atom is 0.321 e. The molecule has 0 aliphatic carbocycles. The summed E-state index contributed by atoms with van der Waals surface area (Å²) in [5, 5.41) is 3.00. The van der Waals surface area contributed by atoms with Crippen LogP contribution in [-0.4, -0.2) is 44.7 Å². The molecule has 0 aromatic heterocycles. The number of anilines is 1. The third-order valence-electron chi connectivity index (χ3n) is 5.42. The molecule has 0 saturated carbocycles. The normalized spacial score (nSPS) is 10.7. The zero-order chi connectivity index (χ0) is 23.5. The molecular weight excluding hydrogens is 414 g/mol. The van der Waals surface area contributed by atoms with Gasteiger partial charge in [0.05, 0.1) is 7.11 Å². The van der Waals surface area contributed by atoms with Gasteiger partial charge in [-0.05, 0) is 54.9 Å². The predicted molar refractivity (Wildman–Crippen MR) is 133 cm³/mol. The molecule has 0 unspecified atom stereocenters. The van der Waals surface area contributed by atoms with Crippen molar-refractivity contribution < 1.29 is 14.3 Å². The van der Waals surface area contributed by atoms with Crippen molar-refractivity contribution in [1.29, 1.82) is 0 Å². The summed E-state index contributed by atoms with van der Waals surface area (Å²) in [6.07, 6.45) is 0.875. The number of carbonyl (C=O) groups excluding carboxylic acids is 1. The van der Waals surface area contributed by atoms with Crippen LogP contribution in [0.25, 0.3) is 0 Å². The van der Waals surface area contributed by atoms with E-state index in [0.29, 0.717) is 18.0 Å². The van der Waals surface area contributed by atoms with Crippen molar-refractivity contribution in [3.8, 4) is 17.2 Å². The molecule has 174 valence electrons. The summed E-state index contributed by atoms with van der Waals surface area (Å²) < 4.78 is 11.4. The number of nitrogens with one attached hydrogen (secondary N) is 1. The van der Waals surface area contributed by atoms with Crippen LogP contribution < -0.4 is 19.7 Å². The molecule has 3 rings (SSSR count). The monoisotopic (exact) mass is 447 g/mol. The van der Waals surface area contributed by atoms with E-state index >= 15 is 0 Å². The second-order valence-corrected chi connectivity index (χ2v) is 7.75. The van der Waals surface area contributed by atoms with Gasteiger partial charge in [0.1, 0.15) is 5.75 Å². The second kappa shape index (κ2) is 12.5. The molecule has 0 atom stereocenters. The highest BCUT2D eigenvalue weighted by Crippen LogP contribution is 2.31. The lowest BCUT2D eigenvalue weighted by Crippen LogP contribution is -2.38. The number of methoxy groups -OCH3 is 1. The van der Waals surface area contributed by atoms with E-state index in [-0.39, 0.29) is 6.03 Å².